The molecule has 4 nitrogen and oxygen atoms in total. The highest BCUT2D eigenvalue weighted by atomic mass is 79.9. The largest absolute Gasteiger partial charge is 0.314 e. The maximum atomic E-state index is 3.25. The summed E-state index contributed by atoms with van der Waals surface area (Å²) in [4.78, 5) is 7.06. The molecule has 1 N–H and O–H groups in total. The van der Waals surface area contributed by atoms with Crippen LogP contribution in [0.2, 0.25) is 0 Å². The van der Waals surface area contributed by atoms with Crippen molar-refractivity contribution in [3.63, 3.8) is 0 Å². The molecule has 0 bridgehead atoms. The van der Waals surface area contributed by atoms with Gasteiger partial charge in [0.1, 0.15) is 0 Å². The number of hydrogen-bond donors (Lipinski definition) is 1. The van der Waals surface area contributed by atoms with E-state index in [4.69, 9.17) is 0 Å². The average Bonchev–Trinajstić information content (AvgIpc) is 2.31. The van der Waals surface area contributed by atoms with Crippen molar-refractivity contribution in [1.82, 2.24) is 20.0 Å². The van der Waals surface area contributed by atoms with Crippen LogP contribution >= 0.6 is 15.9 Å². The van der Waals surface area contributed by atoms with E-state index in [0.717, 1.165) is 17.4 Å². The minimum atomic E-state index is 0. The Morgan fingerprint density at radius 1 is 0.955 bits per heavy atom. The third-order valence-electron chi connectivity index (χ3n) is 3.89. The van der Waals surface area contributed by atoms with Crippen LogP contribution in [0.1, 0.15) is 34.1 Å². The number of likely N-dealkylation sites (tertiary alicyclic amines) is 1. The second kappa shape index (κ2) is 14.9. The third-order valence-corrected chi connectivity index (χ3v) is 4.68. The standard InChI is InChI=1S/C8H18N2.C5H12N2.C3H7Br.CH4/c1-4-5-10-6-8(7-10)9(2)3;1-7(2)5-3-6-4-5;1-2-3-4;/h8H,4-7H2,1-3H3;5-6H,3-4H2,1-2H3;2-3H2,1H3;1H4. The van der Waals surface area contributed by atoms with Crippen LogP contribution in [0.5, 0.6) is 0 Å². The lowest BCUT2D eigenvalue weighted by Gasteiger charge is -2.42. The van der Waals surface area contributed by atoms with Gasteiger partial charge in [0.15, 0.2) is 0 Å². The van der Waals surface area contributed by atoms with Gasteiger partial charge in [-0.3, -0.25) is 0 Å². The van der Waals surface area contributed by atoms with Gasteiger partial charge in [0.25, 0.3) is 0 Å². The smallest absolute Gasteiger partial charge is 0.0344 e. The van der Waals surface area contributed by atoms with E-state index in [0.29, 0.717) is 0 Å². The first-order valence-corrected chi connectivity index (χ1v) is 9.40. The first-order valence-electron chi connectivity index (χ1n) is 8.28. The van der Waals surface area contributed by atoms with Crippen molar-refractivity contribution in [3.8, 4) is 0 Å². The molecule has 0 aromatic carbocycles. The van der Waals surface area contributed by atoms with Crippen LogP contribution in [-0.4, -0.2) is 93.0 Å². The molecule has 0 aromatic heterocycles. The Morgan fingerprint density at radius 2 is 1.41 bits per heavy atom. The second-order valence-corrected chi connectivity index (χ2v) is 7.13. The third kappa shape index (κ3) is 10.9. The summed E-state index contributed by atoms with van der Waals surface area (Å²) < 4.78 is 0. The lowest BCUT2D eigenvalue weighted by atomic mass is 10.1. The van der Waals surface area contributed by atoms with Crippen molar-refractivity contribution in [2.24, 2.45) is 0 Å². The fourth-order valence-electron chi connectivity index (χ4n) is 2.01. The van der Waals surface area contributed by atoms with Gasteiger partial charge >= 0.3 is 0 Å². The van der Waals surface area contributed by atoms with Gasteiger partial charge in [-0.15, -0.1) is 0 Å². The molecule has 2 fully saturated rings. The summed E-state index contributed by atoms with van der Waals surface area (Å²) >= 11 is 3.25. The van der Waals surface area contributed by atoms with E-state index < -0.39 is 0 Å². The molecule has 136 valence electrons. The van der Waals surface area contributed by atoms with Gasteiger partial charge in [0.05, 0.1) is 0 Å². The topological polar surface area (TPSA) is 21.8 Å². The summed E-state index contributed by atoms with van der Waals surface area (Å²) in [6, 6.07) is 1.63. The maximum absolute atomic E-state index is 3.25. The number of likely N-dealkylation sites (N-methyl/N-ethyl adjacent to an activating group) is 2. The number of hydrogen-bond acceptors (Lipinski definition) is 4. The predicted octanol–water partition coefficient (Wildman–Crippen LogP) is 2.59. The second-order valence-electron chi connectivity index (χ2n) is 6.34. The lowest BCUT2D eigenvalue weighted by Crippen LogP contribution is -2.57. The zero-order chi connectivity index (χ0) is 16.3. The molecule has 2 aliphatic heterocycles. The van der Waals surface area contributed by atoms with Crippen LogP contribution in [0.15, 0.2) is 0 Å². The Bertz CT molecular complexity index is 225. The van der Waals surface area contributed by atoms with E-state index in [1.54, 1.807) is 0 Å². The average molecular weight is 381 g/mol. The van der Waals surface area contributed by atoms with Crippen LogP contribution < -0.4 is 5.32 Å². The van der Waals surface area contributed by atoms with E-state index in [1.807, 2.05) is 0 Å². The van der Waals surface area contributed by atoms with Crippen molar-refractivity contribution in [2.75, 3.05) is 66.2 Å². The minimum absolute atomic E-state index is 0. The van der Waals surface area contributed by atoms with Gasteiger partial charge in [-0.05, 0) is 47.6 Å². The summed E-state index contributed by atoms with van der Waals surface area (Å²) in [6.45, 7) is 10.6. The van der Waals surface area contributed by atoms with Crippen LogP contribution in [0.4, 0.5) is 0 Å². The molecule has 0 amide bonds. The molecule has 5 heteroatoms. The van der Waals surface area contributed by atoms with Crippen LogP contribution in [0, 0.1) is 0 Å². The van der Waals surface area contributed by atoms with Crippen LogP contribution in [0.3, 0.4) is 0 Å². The molecule has 0 saturated carbocycles. The Balaban J connectivity index is 0. The SMILES string of the molecule is C.CCCBr.CCCN1CC(N(C)C)C1.CN(C)C1CNC1. The Hall–Kier alpha value is 0.320. The zero-order valence-electron chi connectivity index (χ0n) is 15.0. The first-order chi connectivity index (χ1) is 9.96. The highest BCUT2D eigenvalue weighted by molar-refractivity contribution is 9.09. The molecule has 0 radical (unpaired) electrons. The summed E-state index contributed by atoms with van der Waals surface area (Å²) in [5, 5.41) is 4.33. The molecule has 22 heavy (non-hydrogen) atoms. The fraction of sp³-hybridized carbons (Fsp3) is 1.00. The van der Waals surface area contributed by atoms with Crippen LogP contribution in [-0.2, 0) is 0 Å². The molecule has 0 spiro atoms. The summed E-state index contributed by atoms with van der Waals surface area (Å²) in [6.07, 6.45) is 2.53. The van der Waals surface area contributed by atoms with E-state index in [-0.39, 0.29) is 7.43 Å². The van der Waals surface area contributed by atoms with Crippen molar-refractivity contribution >= 4 is 15.9 Å². The highest BCUT2D eigenvalue weighted by Crippen LogP contribution is 2.11. The van der Waals surface area contributed by atoms with E-state index in [9.17, 15) is 0 Å². The van der Waals surface area contributed by atoms with E-state index in [2.05, 4.69) is 78.0 Å². The molecular formula is C17H41BrN4. The molecule has 2 aliphatic rings. The van der Waals surface area contributed by atoms with Gasteiger partial charge < -0.3 is 20.0 Å². The van der Waals surface area contributed by atoms with Crippen molar-refractivity contribution in [1.29, 1.82) is 0 Å². The molecule has 0 aliphatic carbocycles. The highest BCUT2D eigenvalue weighted by Gasteiger charge is 2.26. The zero-order valence-corrected chi connectivity index (χ0v) is 16.6. The van der Waals surface area contributed by atoms with Crippen molar-refractivity contribution in [3.05, 3.63) is 0 Å². The molecule has 0 unspecified atom stereocenters. The van der Waals surface area contributed by atoms with Gasteiger partial charge in [-0.25, -0.2) is 0 Å². The summed E-state index contributed by atoms with van der Waals surface area (Å²) in [7, 11) is 8.55. The number of alkyl halides is 1. The lowest BCUT2D eigenvalue weighted by molar-refractivity contribution is 0.0640. The normalized spacial score (nSPS) is 18.4. The van der Waals surface area contributed by atoms with Gasteiger partial charge in [-0.1, -0.05) is 37.2 Å². The summed E-state index contributed by atoms with van der Waals surface area (Å²) in [5.41, 5.74) is 0. The van der Waals surface area contributed by atoms with Crippen molar-refractivity contribution < 1.29 is 0 Å². The van der Waals surface area contributed by atoms with Gasteiger partial charge in [0.2, 0.25) is 0 Å². The molecule has 2 rings (SSSR count). The Labute approximate surface area is 148 Å². The Kier molecular flexibility index (Phi) is 16.6. The van der Waals surface area contributed by atoms with Crippen molar-refractivity contribution in [2.45, 2.75) is 46.2 Å². The molecular weight excluding hydrogens is 340 g/mol. The molecule has 0 atom stereocenters. The Morgan fingerprint density at radius 3 is 1.59 bits per heavy atom. The molecule has 2 heterocycles. The van der Waals surface area contributed by atoms with Gasteiger partial charge in [-0.2, -0.15) is 0 Å². The molecule has 0 aromatic rings. The number of nitrogens with zero attached hydrogens (tertiary/aromatic N) is 3. The monoisotopic (exact) mass is 380 g/mol. The number of halogens is 1. The van der Waals surface area contributed by atoms with Gasteiger partial charge in [0, 0.05) is 43.6 Å². The quantitative estimate of drug-likeness (QED) is 0.739. The first kappa shape index (κ1) is 24.6. The number of rotatable bonds is 5. The molecule has 2 saturated heterocycles. The van der Waals surface area contributed by atoms with E-state index >= 15 is 0 Å². The summed E-state index contributed by atoms with van der Waals surface area (Å²) in [5.74, 6) is 0. The van der Waals surface area contributed by atoms with Crippen LogP contribution in [0.25, 0.3) is 0 Å². The predicted molar refractivity (Wildman–Crippen MR) is 105 cm³/mol. The minimum Gasteiger partial charge on any atom is -0.314 e. The fourth-order valence-corrected chi connectivity index (χ4v) is 2.01. The maximum Gasteiger partial charge on any atom is 0.0344 e. The number of nitrogens with one attached hydrogen (secondary N) is 1. The van der Waals surface area contributed by atoms with E-state index in [1.165, 1.54) is 45.6 Å².